The van der Waals surface area contributed by atoms with E-state index in [4.69, 9.17) is 21.1 Å². The maximum absolute atomic E-state index is 13.3. The molecule has 0 bridgehead atoms. The van der Waals surface area contributed by atoms with E-state index in [-0.39, 0.29) is 23.3 Å². The molecule has 0 heterocycles. The fourth-order valence-electron chi connectivity index (χ4n) is 1.68. The second kappa shape index (κ2) is 4.55. The monoisotopic (exact) mass is 248 g/mol. The van der Waals surface area contributed by atoms with E-state index in [1.54, 1.807) is 0 Å². The molecule has 1 aromatic rings. The van der Waals surface area contributed by atoms with E-state index in [0.717, 1.165) is 6.07 Å². The van der Waals surface area contributed by atoms with Crippen LogP contribution in [0.4, 0.5) is 8.78 Å². The molecule has 1 aliphatic rings. The highest BCUT2D eigenvalue weighted by atomic mass is 35.5. The van der Waals surface area contributed by atoms with Crippen molar-refractivity contribution in [1.82, 2.24) is 0 Å². The minimum atomic E-state index is -0.977. The van der Waals surface area contributed by atoms with E-state index in [1.165, 1.54) is 19.2 Å². The van der Waals surface area contributed by atoms with Crippen LogP contribution in [0.25, 0.3) is 0 Å². The number of rotatable bonds is 3. The third-order valence-corrected chi connectivity index (χ3v) is 3.07. The Labute approximate surface area is 97.1 Å². The van der Waals surface area contributed by atoms with Gasteiger partial charge in [-0.2, -0.15) is 4.39 Å². The summed E-state index contributed by atoms with van der Waals surface area (Å²) in [5.41, 5.74) is 0. The molecule has 16 heavy (non-hydrogen) atoms. The third-order valence-electron chi connectivity index (χ3n) is 2.65. The van der Waals surface area contributed by atoms with Crippen molar-refractivity contribution in [3.63, 3.8) is 0 Å². The van der Waals surface area contributed by atoms with Crippen LogP contribution in [0.3, 0.4) is 0 Å². The zero-order valence-corrected chi connectivity index (χ0v) is 9.38. The Hall–Kier alpha value is -0.870. The number of benzene rings is 1. The van der Waals surface area contributed by atoms with Gasteiger partial charge in [-0.05, 0) is 12.1 Å². The normalized spacial score (nSPS) is 28.6. The van der Waals surface area contributed by atoms with Gasteiger partial charge in [0.15, 0.2) is 11.6 Å². The van der Waals surface area contributed by atoms with Crippen LogP contribution in [-0.2, 0) is 4.74 Å². The van der Waals surface area contributed by atoms with Gasteiger partial charge in [-0.15, -0.1) is 11.6 Å². The minimum Gasteiger partial charge on any atom is -0.484 e. The maximum atomic E-state index is 13.3. The third kappa shape index (κ3) is 1.99. The van der Waals surface area contributed by atoms with E-state index in [0.29, 0.717) is 6.42 Å². The molecule has 5 heteroatoms. The van der Waals surface area contributed by atoms with Crippen LogP contribution < -0.4 is 4.74 Å². The predicted molar refractivity (Wildman–Crippen MR) is 55.8 cm³/mol. The molecule has 1 saturated carbocycles. The standard InChI is InChI=1S/C11H11ClF2O2/c1-15-11-6(12)5-9(11)16-8-4-2-3-7(13)10(8)14/h2-4,6,9,11H,5H2,1H3. The van der Waals surface area contributed by atoms with E-state index >= 15 is 0 Å². The fourth-order valence-corrected chi connectivity index (χ4v) is 2.12. The summed E-state index contributed by atoms with van der Waals surface area (Å²) in [5.74, 6) is -2.00. The number of hydrogen-bond donors (Lipinski definition) is 0. The second-order valence-electron chi connectivity index (χ2n) is 3.66. The molecule has 1 fully saturated rings. The lowest BCUT2D eigenvalue weighted by molar-refractivity contribution is -0.0598. The lowest BCUT2D eigenvalue weighted by atomic mass is 9.91. The smallest absolute Gasteiger partial charge is 0.200 e. The molecule has 0 radical (unpaired) electrons. The average Bonchev–Trinajstić information content (AvgIpc) is 2.24. The Kier molecular flexibility index (Phi) is 3.30. The Morgan fingerprint density at radius 1 is 1.38 bits per heavy atom. The molecule has 0 aliphatic heterocycles. The molecule has 3 unspecified atom stereocenters. The summed E-state index contributed by atoms with van der Waals surface area (Å²) < 4.78 is 36.6. The van der Waals surface area contributed by atoms with Gasteiger partial charge < -0.3 is 9.47 Å². The molecule has 0 saturated heterocycles. The number of halogens is 3. The molecule has 0 amide bonds. The van der Waals surface area contributed by atoms with Crippen molar-refractivity contribution in [3.05, 3.63) is 29.8 Å². The largest absolute Gasteiger partial charge is 0.484 e. The van der Waals surface area contributed by atoms with Gasteiger partial charge in [0.1, 0.15) is 12.2 Å². The molecule has 2 rings (SSSR count). The molecule has 1 aromatic carbocycles. The number of alkyl halides is 1. The zero-order chi connectivity index (χ0) is 11.7. The highest BCUT2D eigenvalue weighted by molar-refractivity contribution is 6.21. The number of methoxy groups -OCH3 is 1. The lowest BCUT2D eigenvalue weighted by Gasteiger charge is -2.39. The highest BCUT2D eigenvalue weighted by Gasteiger charge is 2.42. The van der Waals surface area contributed by atoms with Gasteiger partial charge in [0.2, 0.25) is 5.82 Å². The van der Waals surface area contributed by atoms with Gasteiger partial charge in [0.05, 0.1) is 5.38 Å². The Bertz CT molecular complexity index is 386. The summed E-state index contributed by atoms with van der Waals surface area (Å²) in [4.78, 5) is 0. The lowest BCUT2D eigenvalue weighted by Crippen LogP contribution is -2.52. The van der Waals surface area contributed by atoms with Crippen molar-refractivity contribution in [2.24, 2.45) is 0 Å². The van der Waals surface area contributed by atoms with Crippen LogP contribution in [0.1, 0.15) is 6.42 Å². The Morgan fingerprint density at radius 3 is 2.75 bits per heavy atom. The van der Waals surface area contributed by atoms with Crippen molar-refractivity contribution in [2.75, 3.05) is 7.11 Å². The van der Waals surface area contributed by atoms with Crippen LogP contribution in [0.15, 0.2) is 18.2 Å². The van der Waals surface area contributed by atoms with Crippen LogP contribution in [0.5, 0.6) is 5.75 Å². The van der Waals surface area contributed by atoms with E-state index < -0.39 is 11.6 Å². The Balaban J connectivity index is 2.07. The van der Waals surface area contributed by atoms with Gasteiger partial charge in [0, 0.05) is 13.5 Å². The van der Waals surface area contributed by atoms with Crippen LogP contribution >= 0.6 is 11.6 Å². The first-order chi connectivity index (χ1) is 7.63. The number of hydrogen-bond acceptors (Lipinski definition) is 2. The van der Waals surface area contributed by atoms with Crippen LogP contribution in [0.2, 0.25) is 0 Å². The molecule has 88 valence electrons. The van der Waals surface area contributed by atoms with Gasteiger partial charge in [0.25, 0.3) is 0 Å². The molecule has 3 atom stereocenters. The van der Waals surface area contributed by atoms with Crippen molar-refractivity contribution in [3.8, 4) is 5.75 Å². The summed E-state index contributed by atoms with van der Waals surface area (Å²) in [6, 6.07) is 3.82. The van der Waals surface area contributed by atoms with Crippen LogP contribution in [-0.4, -0.2) is 24.7 Å². The second-order valence-corrected chi connectivity index (χ2v) is 4.22. The summed E-state index contributed by atoms with van der Waals surface area (Å²) in [5, 5.41) is -0.133. The van der Waals surface area contributed by atoms with E-state index in [1.807, 2.05) is 0 Å². The molecule has 2 nitrogen and oxygen atoms in total. The summed E-state index contributed by atoms with van der Waals surface area (Å²) in [7, 11) is 1.51. The zero-order valence-electron chi connectivity index (χ0n) is 8.62. The quantitative estimate of drug-likeness (QED) is 0.766. The molecular weight excluding hydrogens is 238 g/mol. The van der Waals surface area contributed by atoms with Crippen molar-refractivity contribution in [1.29, 1.82) is 0 Å². The molecule has 0 N–H and O–H groups in total. The molecular formula is C11H11ClF2O2. The van der Waals surface area contributed by atoms with Gasteiger partial charge >= 0.3 is 0 Å². The first-order valence-electron chi connectivity index (χ1n) is 4.91. The minimum absolute atomic E-state index is 0.101. The topological polar surface area (TPSA) is 18.5 Å². The van der Waals surface area contributed by atoms with Gasteiger partial charge in [-0.3, -0.25) is 0 Å². The first-order valence-corrected chi connectivity index (χ1v) is 5.34. The fraction of sp³-hybridized carbons (Fsp3) is 0.455. The SMILES string of the molecule is COC1C(Cl)CC1Oc1cccc(F)c1F. The van der Waals surface area contributed by atoms with Crippen molar-refractivity contribution < 1.29 is 18.3 Å². The molecule has 0 spiro atoms. The highest BCUT2D eigenvalue weighted by Crippen LogP contribution is 2.33. The number of ether oxygens (including phenoxy) is 2. The average molecular weight is 249 g/mol. The maximum Gasteiger partial charge on any atom is 0.200 e. The summed E-state index contributed by atoms with van der Waals surface area (Å²) in [6.45, 7) is 0. The van der Waals surface area contributed by atoms with Crippen molar-refractivity contribution in [2.45, 2.75) is 24.0 Å². The van der Waals surface area contributed by atoms with E-state index in [2.05, 4.69) is 0 Å². The van der Waals surface area contributed by atoms with Crippen molar-refractivity contribution >= 4 is 11.6 Å². The predicted octanol–water partition coefficient (Wildman–Crippen LogP) is 2.74. The summed E-state index contributed by atoms with van der Waals surface area (Å²) in [6.07, 6.45) is -0.0242. The molecule has 1 aliphatic carbocycles. The molecule has 0 aromatic heterocycles. The van der Waals surface area contributed by atoms with Crippen LogP contribution in [0, 0.1) is 11.6 Å². The Morgan fingerprint density at radius 2 is 2.12 bits per heavy atom. The van der Waals surface area contributed by atoms with E-state index in [9.17, 15) is 8.78 Å². The van der Waals surface area contributed by atoms with Gasteiger partial charge in [-0.1, -0.05) is 6.07 Å². The van der Waals surface area contributed by atoms with Gasteiger partial charge in [-0.25, -0.2) is 4.39 Å². The summed E-state index contributed by atoms with van der Waals surface area (Å²) >= 11 is 5.87. The first kappa shape index (κ1) is 11.6.